The Bertz CT molecular complexity index is 857. The highest BCUT2D eigenvalue weighted by Crippen LogP contribution is 2.33. The summed E-state index contributed by atoms with van der Waals surface area (Å²) in [6, 6.07) is 5.76. The number of hydrogen-bond donors (Lipinski definition) is 0. The van der Waals surface area contributed by atoms with Crippen LogP contribution in [0, 0.1) is 0 Å². The van der Waals surface area contributed by atoms with E-state index >= 15 is 0 Å². The number of rotatable bonds is 3. The highest BCUT2D eigenvalue weighted by Gasteiger charge is 2.30. The molecule has 0 saturated carbocycles. The maximum atomic E-state index is 13.1. The number of nitrogens with zero attached hydrogens (tertiary/aromatic N) is 5. The molecular formula is C17H19N5OS. The second-order valence-electron chi connectivity index (χ2n) is 5.99. The van der Waals surface area contributed by atoms with Crippen molar-refractivity contribution in [3.63, 3.8) is 0 Å². The Kier molecular flexibility index (Phi) is 4.02. The molecule has 124 valence electrons. The average molecular weight is 341 g/mol. The minimum Gasteiger partial charge on any atom is -0.329 e. The second-order valence-corrected chi connectivity index (χ2v) is 6.92. The summed E-state index contributed by atoms with van der Waals surface area (Å²) in [4.78, 5) is 19.5. The molecule has 0 aliphatic carbocycles. The third kappa shape index (κ3) is 2.58. The van der Waals surface area contributed by atoms with Gasteiger partial charge in [-0.25, -0.2) is 9.67 Å². The van der Waals surface area contributed by atoms with Gasteiger partial charge < -0.3 is 4.90 Å². The summed E-state index contributed by atoms with van der Waals surface area (Å²) < 4.78 is 1.84. The molecule has 0 radical (unpaired) electrons. The molecule has 1 atom stereocenters. The van der Waals surface area contributed by atoms with Gasteiger partial charge in [0.2, 0.25) is 0 Å². The van der Waals surface area contributed by atoms with E-state index in [-0.39, 0.29) is 11.9 Å². The van der Waals surface area contributed by atoms with Crippen LogP contribution in [-0.4, -0.2) is 37.3 Å². The van der Waals surface area contributed by atoms with E-state index in [2.05, 4.69) is 15.3 Å². The predicted octanol–water partition coefficient (Wildman–Crippen LogP) is 3.28. The van der Waals surface area contributed by atoms with Gasteiger partial charge in [0.1, 0.15) is 10.5 Å². The molecule has 1 fully saturated rings. The molecule has 7 heteroatoms. The van der Waals surface area contributed by atoms with Crippen LogP contribution in [0.5, 0.6) is 0 Å². The van der Waals surface area contributed by atoms with Gasteiger partial charge in [-0.05, 0) is 44.4 Å². The van der Waals surface area contributed by atoms with Crippen molar-refractivity contribution in [3.8, 4) is 0 Å². The van der Waals surface area contributed by atoms with Gasteiger partial charge in [-0.2, -0.15) is 0 Å². The number of amides is 1. The molecule has 3 aromatic rings. The van der Waals surface area contributed by atoms with E-state index < -0.39 is 0 Å². The summed E-state index contributed by atoms with van der Waals surface area (Å²) in [7, 11) is 0. The molecule has 1 saturated heterocycles. The first-order valence-electron chi connectivity index (χ1n) is 8.31. The zero-order valence-electron chi connectivity index (χ0n) is 13.6. The number of aromatic nitrogens is 4. The fourth-order valence-electron chi connectivity index (χ4n) is 3.34. The summed E-state index contributed by atoms with van der Waals surface area (Å²) >= 11 is 1.62. The van der Waals surface area contributed by atoms with Gasteiger partial charge >= 0.3 is 0 Å². The maximum Gasteiger partial charge on any atom is 0.254 e. The molecule has 1 aliphatic heterocycles. The zero-order valence-corrected chi connectivity index (χ0v) is 14.4. The molecule has 3 heterocycles. The van der Waals surface area contributed by atoms with E-state index in [1.807, 2.05) is 46.3 Å². The van der Waals surface area contributed by atoms with Crippen molar-refractivity contribution >= 4 is 28.3 Å². The SMILES string of the molecule is CCn1nnc2cc(C(=O)N3CCCC[C@H]3c3nccs3)ccc21. The standard InChI is InChI=1S/C17H19N5OS/c1-2-22-14-7-6-12(11-13(14)19-20-22)17(23)21-9-4-3-5-15(21)16-18-8-10-24-16/h6-8,10-11,15H,2-5,9H2,1H3/t15-/m0/s1. The molecule has 0 bridgehead atoms. The number of carbonyl (C=O) groups excluding carboxylic acids is 1. The predicted molar refractivity (Wildman–Crippen MR) is 92.9 cm³/mol. The summed E-state index contributed by atoms with van der Waals surface area (Å²) in [5.41, 5.74) is 2.41. The average Bonchev–Trinajstić information content (AvgIpc) is 3.30. The van der Waals surface area contributed by atoms with Crippen molar-refractivity contribution in [2.45, 2.75) is 38.8 Å². The lowest BCUT2D eigenvalue weighted by Crippen LogP contribution is -2.38. The van der Waals surface area contributed by atoms with Gasteiger partial charge in [0, 0.05) is 30.2 Å². The van der Waals surface area contributed by atoms with E-state index in [1.54, 1.807) is 11.3 Å². The van der Waals surface area contributed by atoms with Crippen LogP contribution in [0.15, 0.2) is 29.8 Å². The van der Waals surface area contributed by atoms with Crippen LogP contribution < -0.4 is 0 Å². The Morgan fingerprint density at radius 3 is 3.08 bits per heavy atom. The Labute approximate surface area is 144 Å². The first kappa shape index (κ1) is 15.3. The normalized spacial score (nSPS) is 18.2. The lowest BCUT2D eigenvalue weighted by molar-refractivity contribution is 0.0611. The van der Waals surface area contributed by atoms with Crippen LogP contribution in [0.25, 0.3) is 11.0 Å². The number of fused-ring (bicyclic) bond motifs is 1. The van der Waals surface area contributed by atoms with E-state index in [1.165, 1.54) is 0 Å². The molecule has 0 unspecified atom stereocenters. The minimum absolute atomic E-state index is 0.0582. The lowest BCUT2D eigenvalue weighted by Gasteiger charge is -2.34. The van der Waals surface area contributed by atoms with Crippen molar-refractivity contribution in [2.75, 3.05) is 6.54 Å². The highest BCUT2D eigenvalue weighted by atomic mass is 32.1. The van der Waals surface area contributed by atoms with Crippen LogP contribution in [0.2, 0.25) is 0 Å². The number of likely N-dealkylation sites (tertiary alicyclic amines) is 1. The van der Waals surface area contributed by atoms with Gasteiger partial charge in [-0.15, -0.1) is 16.4 Å². The summed E-state index contributed by atoms with van der Waals surface area (Å²) in [6.07, 6.45) is 4.97. The van der Waals surface area contributed by atoms with Gasteiger partial charge in [0.15, 0.2) is 0 Å². The highest BCUT2D eigenvalue weighted by molar-refractivity contribution is 7.09. The Morgan fingerprint density at radius 2 is 2.29 bits per heavy atom. The first-order chi connectivity index (χ1) is 11.8. The molecule has 1 aromatic carbocycles. The van der Waals surface area contributed by atoms with Crippen LogP contribution in [0.4, 0.5) is 0 Å². The third-order valence-electron chi connectivity index (χ3n) is 4.56. The van der Waals surface area contributed by atoms with Gasteiger partial charge in [0.25, 0.3) is 5.91 Å². The number of thiazole rings is 1. The van der Waals surface area contributed by atoms with Gasteiger partial charge in [0.05, 0.1) is 11.6 Å². The van der Waals surface area contributed by atoms with Crippen molar-refractivity contribution in [2.24, 2.45) is 0 Å². The maximum absolute atomic E-state index is 13.1. The summed E-state index contributed by atoms with van der Waals surface area (Å²) in [6.45, 7) is 3.57. The van der Waals surface area contributed by atoms with Crippen molar-refractivity contribution < 1.29 is 4.79 Å². The van der Waals surface area contributed by atoms with Crippen molar-refractivity contribution in [3.05, 3.63) is 40.3 Å². The van der Waals surface area contributed by atoms with Crippen LogP contribution in [0.3, 0.4) is 0 Å². The molecule has 1 aliphatic rings. The topological polar surface area (TPSA) is 63.9 Å². The largest absolute Gasteiger partial charge is 0.329 e. The molecule has 6 nitrogen and oxygen atoms in total. The van der Waals surface area contributed by atoms with Crippen LogP contribution >= 0.6 is 11.3 Å². The van der Waals surface area contributed by atoms with E-state index in [0.29, 0.717) is 5.56 Å². The number of hydrogen-bond acceptors (Lipinski definition) is 5. The Morgan fingerprint density at radius 1 is 1.38 bits per heavy atom. The zero-order chi connectivity index (χ0) is 16.5. The molecule has 0 spiro atoms. The Hall–Kier alpha value is -2.28. The molecule has 0 N–H and O–H groups in total. The van der Waals surface area contributed by atoms with E-state index in [0.717, 1.165) is 48.4 Å². The number of carbonyl (C=O) groups is 1. The lowest BCUT2D eigenvalue weighted by atomic mass is 10.0. The minimum atomic E-state index is 0.0582. The number of aryl methyl sites for hydroxylation is 1. The summed E-state index contributed by atoms with van der Waals surface area (Å²) in [5, 5.41) is 11.3. The van der Waals surface area contributed by atoms with E-state index in [9.17, 15) is 4.79 Å². The van der Waals surface area contributed by atoms with Gasteiger partial charge in [-0.3, -0.25) is 4.79 Å². The van der Waals surface area contributed by atoms with Crippen molar-refractivity contribution in [1.29, 1.82) is 0 Å². The van der Waals surface area contributed by atoms with Crippen LogP contribution in [0.1, 0.15) is 47.6 Å². The molecule has 1 amide bonds. The fraction of sp³-hybridized carbons (Fsp3) is 0.412. The van der Waals surface area contributed by atoms with Gasteiger partial charge in [-0.1, -0.05) is 5.21 Å². The monoisotopic (exact) mass is 341 g/mol. The number of benzene rings is 1. The second kappa shape index (κ2) is 6.32. The van der Waals surface area contributed by atoms with Crippen LogP contribution in [-0.2, 0) is 6.54 Å². The fourth-order valence-corrected chi connectivity index (χ4v) is 4.12. The smallest absolute Gasteiger partial charge is 0.254 e. The first-order valence-corrected chi connectivity index (χ1v) is 9.19. The Balaban J connectivity index is 1.66. The number of piperidine rings is 1. The molecule has 2 aromatic heterocycles. The van der Waals surface area contributed by atoms with E-state index in [4.69, 9.17) is 0 Å². The molecular weight excluding hydrogens is 322 g/mol. The third-order valence-corrected chi connectivity index (χ3v) is 5.44. The molecule has 24 heavy (non-hydrogen) atoms. The quantitative estimate of drug-likeness (QED) is 0.733. The van der Waals surface area contributed by atoms with Crippen molar-refractivity contribution in [1.82, 2.24) is 24.9 Å². The summed E-state index contributed by atoms with van der Waals surface area (Å²) in [5.74, 6) is 0.0582. The molecule has 4 rings (SSSR count).